The zero-order chi connectivity index (χ0) is 14.1. The standard InChI is InChI=1S/C11H10N6O3/c1-5-14-8(20-17-5)4-13-10(18)6-2-7-9(12-3-6)16-11(19)15-7/h2-3H,4H2,1H3,(H,13,18)(H2,12,15,16,19). The molecule has 0 aliphatic carbocycles. The van der Waals surface area contributed by atoms with Crippen molar-refractivity contribution in [2.75, 3.05) is 0 Å². The number of rotatable bonds is 3. The van der Waals surface area contributed by atoms with Gasteiger partial charge in [0, 0.05) is 6.20 Å². The lowest BCUT2D eigenvalue weighted by Crippen LogP contribution is -2.23. The van der Waals surface area contributed by atoms with Crippen LogP contribution >= 0.6 is 0 Å². The summed E-state index contributed by atoms with van der Waals surface area (Å²) >= 11 is 0. The Morgan fingerprint density at radius 3 is 3.05 bits per heavy atom. The molecule has 102 valence electrons. The second-order valence-corrected chi connectivity index (χ2v) is 4.12. The third kappa shape index (κ3) is 2.28. The second-order valence-electron chi connectivity index (χ2n) is 4.12. The van der Waals surface area contributed by atoms with Crippen molar-refractivity contribution in [1.82, 2.24) is 30.4 Å². The van der Waals surface area contributed by atoms with Crippen molar-refractivity contribution >= 4 is 17.1 Å². The Labute approximate surface area is 111 Å². The third-order valence-corrected chi connectivity index (χ3v) is 2.60. The van der Waals surface area contributed by atoms with Crippen LogP contribution < -0.4 is 11.0 Å². The Bertz CT molecular complexity index is 830. The molecule has 0 unspecified atom stereocenters. The number of pyridine rings is 1. The zero-order valence-electron chi connectivity index (χ0n) is 10.4. The van der Waals surface area contributed by atoms with Gasteiger partial charge in [0.2, 0.25) is 5.89 Å². The fourth-order valence-corrected chi connectivity index (χ4v) is 1.71. The number of amides is 1. The lowest BCUT2D eigenvalue weighted by atomic mass is 10.2. The average Bonchev–Trinajstić information content (AvgIpc) is 2.99. The fraction of sp³-hybridized carbons (Fsp3) is 0.182. The van der Waals surface area contributed by atoms with E-state index in [4.69, 9.17) is 4.52 Å². The molecule has 3 aromatic rings. The smallest absolute Gasteiger partial charge is 0.325 e. The van der Waals surface area contributed by atoms with Crippen molar-refractivity contribution in [3.63, 3.8) is 0 Å². The first-order valence-corrected chi connectivity index (χ1v) is 5.77. The fourth-order valence-electron chi connectivity index (χ4n) is 1.71. The predicted octanol–water partition coefficient (Wildman–Crippen LogP) is -0.127. The number of aromatic amines is 2. The molecule has 0 saturated carbocycles. The number of fused-ring (bicyclic) bond motifs is 1. The van der Waals surface area contributed by atoms with Crippen LogP contribution in [0.4, 0.5) is 0 Å². The number of aryl methyl sites for hydroxylation is 1. The topological polar surface area (TPSA) is 130 Å². The summed E-state index contributed by atoms with van der Waals surface area (Å²) in [5.41, 5.74) is 0.825. The molecule has 0 aliphatic heterocycles. The summed E-state index contributed by atoms with van der Waals surface area (Å²) in [4.78, 5) is 36.0. The van der Waals surface area contributed by atoms with Gasteiger partial charge in [-0.05, 0) is 13.0 Å². The number of nitrogens with one attached hydrogen (secondary N) is 3. The first-order chi connectivity index (χ1) is 9.61. The Hall–Kier alpha value is -2.97. The van der Waals surface area contributed by atoms with Crippen LogP contribution in [0.15, 0.2) is 21.6 Å². The molecule has 0 spiro atoms. The number of H-pyrrole nitrogens is 2. The molecule has 0 bridgehead atoms. The van der Waals surface area contributed by atoms with Gasteiger partial charge in [-0.2, -0.15) is 4.98 Å². The van der Waals surface area contributed by atoms with Crippen molar-refractivity contribution in [3.05, 3.63) is 40.0 Å². The zero-order valence-corrected chi connectivity index (χ0v) is 10.4. The summed E-state index contributed by atoms with van der Waals surface area (Å²) in [6.45, 7) is 1.82. The monoisotopic (exact) mass is 274 g/mol. The summed E-state index contributed by atoms with van der Waals surface area (Å²) < 4.78 is 4.88. The van der Waals surface area contributed by atoms with E-state index in [-0.39, 0.29) is 18.1 Å². The minimum Gasteiger partial charge on any atom is -0.343 e. The molecule has 3 N–H and O–H groups in total. The molecule has 3 aromatic heterocycles. The largest absolute Gasteiger partial charge is 0.343 e. The second kappa shape index (κ2) is 4.61. The van der Waals surface area contributed by atoms with Gasteiger partial charge in [-0.1, -0.05) is 5.16 Å². The van der Waals surface area contributed by atoms with Gasteiger partial charge < -0.3 is 14.8 Å². The van der Waals surface area contributed by atoms with Gasteiger partial charge in [0.1, 0.15) is 0 Å². The molecule has 0 fully saturated rings. The molecule has 0 aliphatic rings. The van der Waals surface area contributed by atoms with E-state index in [1.807, 2.05) is 0 Å². The average molecular weight is 274 g/mol. The van der Waals surface area contributed by atoms with Crippen LogP contribution in [-0.2, 0) is 6.54 Å². The quantitative estimate of drug-likeness (QED) is 0.610. The highest BCUT2D eigenvalue weighted by molar-refractivity contribution is 5.96. The van der Waals surface area contributed by atoms with E-state index in [0.29, 0.717) is 28.4 Å². The highest BCUT2D eigenvalue weighted by atomic mass is 16.5. The molecular formula is C11H10N6O3. The van der Waals surface area contributed by atoms with Gasteiger partial charge in [0.25, 0.3) is 5.91 Å². The van der Waals surface area contributed by atoms with E-state index in [2.05, 4.69) is 30.4 Å². The summed E-state index contributed by atoms with van der Waals surface area (Å²) in [7, 11) is 0. The first kappa shape index (κ1) is 12.1. The van der Waals surface area contributed by atoms with Gasteiger partial charge in [0.15, 0.2) is 11.5 Å². The molecule has 9 heteroatoms. The van der Waals surface area contributed by atoms with E-state index < -0.39 is 0 Å². The molecule has 0 saturated heterocycles. The van der Waals surface area contributed by atoms with Crippen molar-refractivity contribution in [2.24, 2.45) is 0 Å². The van der Waals surface area contributed by atoms with Crippen LogP contribution in [0, 0.1) is 6.92 Å². The Balaban J connectivity index is 1.76. The van der Waals surface area contributed by atoms with E-state index in [1.165, 1.54) is 12.3 Å². The predicted molar refractivity (Wildman–Crippen MR) is 66.9 cm³/mol. The number of hydrogen-bond donors (Lipinski definition) is 3. The van der Waals surface area contributed by atoms with Gasteiger partial charge in [-0.3, -0.25) is 9.78 Å². The van der Waals surface area contributed by atoms with Gasteiger partial charge in [0.05, 0.1) is 17.6 Å². The molecular weight excluding hydrogens is 264 g/mol. The van der Waals surface area contributed by atoms with Gasteiger partial charge in [-0.25, -0.2) is 9.78 Å². The highest BCUT2D eigenvalue weighted by Crippen LogP contribution is 2.07. The minimum absolute atomic E-state index is 0.126. The summed E-state index contributed by atoms with van der Waals surface area (Å²) in [5.74, 6) is 0.472. The number of imidazole rings is 1. The van der Waals surface area contributed by atoms with Crippen LogP contribution in [0.5, 0.6) is 0 Å². The number of carbonyl (C=O) groups is 1. The van der Waals surface area contributed by atoms with Gasteiger partial charge in [-0.15, -0.1) is 0 Å². The summed E-state index contributed by atoms with van der Waals surface area (Å²) in [6.07, 6.45) is 1.38. The molecule has 0 aromatic carbocycles. The van der Waals surface area contributed by atoms with Crippen LogP contribution in [-0.4, -0.2) is 31.0 Å². The maximum absolute atomic E-state index is 11.9. The number of carbonyl (C=O) groups excluding carboxylic acids is 1. The Morgan fingerprint density at radius 1 is 1.45 bits per heavy atom. The normalized spacial score (nSPS) is 10.8. The van der Waals surface area contributed by atoms with Crippen LogP contribution in [0.1, 0.15) is 22.1 Å². The Morgan fingerprint density at radius 2 is 2.30 bits per heavy atom. The summed E-state index contributed by atoms with van der Waals surface area (Å²) in [6, 6.07) is 1.54. The first-order valence-electron chi connectivity index (χ1n) is 5.77. The van der Waals surface area contributed by atoms with Gasteiger partial charge >= 0.3 is 5.69 Å². The molecule has 1 amide bonds. The van der Waals surface area contributed by atoms with E-state index in [9.17, 15) is 9.59 Å². The molecule has 3 rings (SSSR count). The third-order valence-electron chi connectivity index (χ3n) is 2.60. The highest BCUT2D eigenvalue weighted by Gasteiger charge is 2.10. The molecule has 3 heterocycles. The van der Waals surface area contributed by atoms with E-state index in [1.54, 1.807) is 6.92 Å². The molecule has 0 radical (unpaired) electrons. The maximum Gasteiger partial charge on any atom is 0.325 e. The van der Waals surface area contributed by atoms with Crippen molar-refractivity contribution in [2.45, 2.75) is 13.5 Å². The summed E-state index contributed by atoms with van der Waals surface area (Å²) in [5, 5.41) is 6.24. The lowest BCUT2D eigenvalue weighted by Gasteiger charge is -2.01. The molecule has 9 nitrogen and oxygen atoms in total. The van der Waals surface area contributed by atoms with Crippen LogP contribution in [0.25, 0.3) is 11.2 Å². The van der Waals surface area contributed by atoms with E-state index >= 15 is 0 Å². The maximum atomic E-state index is 11.9. The van der Waals surface area contributed by atoms with Crippen LogP contribution in [0.2, 0.25) is 0 Å². The molecule has 0 atom stereocenters. The van der Waals surface area contributed by atoms with Crippen molar-refractivity contribution < 1.29 is 9.32 Å². The lowest BCUT2D eigenvalue weighted by molar-refractivity contribution is 0.0946. The van der Waals surface area contributed by atoms with Crippen molar-refractivity contribution in [3.8, 4) is 0 Å². The van der Waals surface area contributed by atoms with E-state index in [0.717, 1.165) is 0 Å². The Kier molecular flexibility index (Phi) is 2.78. The van der Waals surface area contributed by atoms with Crippen molar-refractivity contribution in [1.29, 1.82) is 0 Å². The van der Waals surface area contributed by atoms with Crippen LogP contribution in [0.3, 0.4) is 0 Å². The number of hydrogen-bond acceptors (Lipinski definition) is 6. The SMILES string of the molecule is Cc1noc(CNC(=O)c2cnc3[nH]c(=O)[nH]c3c2)n1. The number of aromatic nitrogens is 5. The minimum atomic E-state index is -0.369. The number of nitrogens with zero attached hydrogens (tertiary/aromatic N) is 3. The molecule has 20 heavy (non-hydrogen) atoms.